The number of nitrogens with zero attached hydrogens (tertiary/aromatic N) is 1. The fraction of sp³-hybridized carbons (Fsp3) is 0.611. The minimum Gasteiger partial charge on any atom is -0.359 e. The minimum atomic E-state index is 0.362. The van der Waals surface area contributed by atoms with Gasteiger partial charge in [0.1, 0.15) is 0 Å². The van der Waals surface area contributed by atoms with Crippen LogP contribution in [0.2, 0.25) is 0 Å². The van der Waals surface area contributed by atoms with Crippen LogP contribution in [0.15, 0.2) is 35.3 Å². The van der Waals surface area contributed by atoms with E-state index in [4.69, 9.17) is 4.99 Å². The van der Waals surface area contributed by atoms with Crippen LogP contribution in [0, 0.1) is 5.92 Å². The number of nitrogens with one attached hydrogen (secondary N) is 1. The largest absolute Gasteiger partial charge is 0.359 e. The molecule has 2 atom stereocenters. The lowest BCUT2D eigenvalue weighted by Gasteiger charge is -2.36. The third-order valence-electron chi connectivity index (χ3n) is 4.67. The molecule has 1 aromatic carbocycles. The molecule has 0 aromatic heterocycles. The second-order valence-electron chi connectivity index (χ2n) is 6.67. The number of thioether (sulfide) groups is 1. The first-order valence-corrected chi connectivity index (χ1v) is 9.24. The molecule has 1 aliphatic heterocycles. The van der Waals surface area contributed by atoms with Crippen molar-refractivity contribution in [3.05, 3.63) is 35.9 Å². The summed E-state index contributed by atoms with van der Waals surface area (Å²) in [7, 11) is 0. The standard InChI is InChI=1S/C18H26N2S/c1-15-7-5-11-18(13-15)14-21-17(20-18)19-12-6-10-16-8-3-2-4-9-16/h2-4,8-9,15H,5-7,10-14H2,1H3,(H,19,20). The van der Waals surface area contributed by atoms with Gasteiger partial charge in [0.25, 0.3) is 0 Å². The first-order chi connectivity index (χ1) is 10.3. The molecule has 2 unspecified atom stereocenters. The van der Waals surface area contributed by atoms with E-state index in [0.29, 0.717) is 5.54 Å². The van der Waals surface area contributed by atoms with Gasteiger partial charge < -0.3 is 5.32 Å². The Morgan fingerprint density at radius 1 is 1.33 bits per heavy atom. The summed E-state index contributed by atoms with van der Waals surface area (Å²) in [6.45, 7) is 3.33. The van der Waals surface area contributed by atoms with Crippen LogP contribution in [0.1, 0.15) is 44.6 Å². The second kappa shape index (κ2) is 6.87. The Kier molecular flexibility index (Phi) is 4.89. The molecule has 1 N–H and O–H groups in total. The van der Waals surface area contributed by atoms with Crippen LogP contribution in [0.3, 0.4) is 0 Å². The maximum atomic E-state index is 4.78. The van der Waals surface area contributed by atoms with E-state index < -0.39 is 0 Å². The number of rotatable bonds is 4. The molecule has 1 saturated heterocycles. The molecular formula is C18H26N2S. The molecule has 1 spiro atoms. The van der Waals surface area contributed by atoms with Crippen molar-refractivity contribution < 1.29 is 0 Å². The zero-order chi connectivity index (χ0) is 14.5. The van der Waals surface area contributed by atoms with Gasteiger partial charge in [-0.25, -0.2) is 0 Å². The highest BCUT2D eigenvalue weighted by Crippen LogP contribution is 2.38. The number of hydrogen-bond acceptors (Lipinski definition) is 2. The highest BCUT2D eigenvalue weighted by atomic mass is 32.2. The van der Waals surface area contributed by atoms with E-state index in [9.17, 15) is 0 Å². The summed E-state index contributed by atoms with van der Waals surface area (Å²) in [5, 5.41) is 4.94. The highest BCUT2D eigenvalue weighted by molar-refractivity contribution is 8.14. The molecule has 1 aromatic rings. The summed E-state index contributed by atoms with van der Waals surface area (Å²) >= 11 is 1.93. The summed E-state index contributed by atoms with van der Waals surface area (Å²) < 4.78 is 0. The fourth-order valence-electron chi connectivity index (χ4n) is 3.60. The molecule has 0 bridgehead atoms. The van der Waals surface area contributed by atoms with Crippen molar-refractivity contribution in [1.82, 2.24) is 5.32 Å². The van der Waals surface area contributed by atoms with E-state index in [-0.39, 0.29) is 0 Å². The molecular weight excluding hydrogens is 276 g/mol. The van der Waals surface area contributed by atoms with Gasteiger partial charge in [-0.05, 0) is 37.2 Å². The van der Waals surface area contributed by atoms with Crippen LogP contribution in [0.5, 0.6) is 0 Å². The lowest BCUT2D eigenvalue weighted by atomic mass is 9.78. The van der Waals surface area contributed by atoms with E-state index in [1.165, 1.54) is 42.2 Å². The Morgan fingerprint density at radius 3 is 3.00 bits per heavy atom. The summed E-state index contributed by atoms with van der Waals surface area (Å²) in [5.41, 5.74) is 1.78. The van der Waals surface area contributed by atoms with Gasteiger partial charge in [0.15, 0.2) is 5.17 Å². The SMILES string of the molecule is CC1CCCC2(CSC(=NCCCc3ccccc3)N2)C1. The number of aryl methyl sites for hydroxylation is 1. The fourth-order valence-corrected chi connectivity index (χ4v) is 4.82. The number of aliphatic imine (C=N–C) groups is 1. The average Bonchev–Trinajstić information content (AvgIpc) is 2.87. The molecule has 114 valence electrons. The first kappa shape index (κ1) is 15.0. The van der Waals surface area contributed by atoms with Gasteiger partial charge in [-0.15, -0.1) is 0 Å². The molecule has 3 heteroatoms. The van der Waals surface area contributed by atoms with Crippen LogP contribution in [0.25, 0.3) is 0 Å². The number of benzene rings is 1. The Labute approximate surface area is 132 Å². The van der Waals surface area contributed by atoms with Gasteiger partial charge in [0.05, 0.1) is 0 Å². The predicted octanol–water partition coefficient (Wildman–Crippen LogP) is 4.26. The van der Waals surface area contributed by atoms with Crippen molar-refractivity contribution in [3.63, 3.8) is 0 Å². The summed E-state index contributed by atoms with van der Waals surface area (Å²) in [6, 6.07) is 10.7. The zero-order valence-electron chi connectivity index (χ0n) is 13.0. The van der Waals surface area contributed by atoms with Gasteiger partial charge in [0.2, 0.25) is 0 Å². The molecule has 0 amide bonds. The van der Waals surface area contributed by atoms with Crippen LogP contribution in [0.4, 0.5) is 0 Å². The van der Waals surface area contributed by atoms with Crippen molar-refractivity contribution >= 4 is 16.9 Å². The van der Waals surface area contributed by atoms with Crippen molar-refractivity contribution in [3.8, 4) is 0 Å². The Balaban J connectivity index is 1.45. The Bertz CT molecular complexity index is 485. The van der Waals surface area contributed by atoms with Gasteiger partial charge in [0, 0.05) is 17.8 Å². The van der Waals surface area contributed by atoms with E-state index >= 15 is 0 Å². The van der Waals surface area contributed by atoms with Gasteiger partial charge >= 0.3 is 0 Å². The van der Waals surface area contributed by atoms with Gasteiger partial charge in [-0.1, -0.05) is 61.9 Å². The van der Waals surface area contributed by atoms with Crippen LogP contribution < -0.4 is 5.32 Å². The molecule has 2 nitrogen and oxygen atoms in total. The summed E-state index contributed by atoms with van der Waals surface area (Å²) in [4.78, 5) is 4.78. The van der Waals surface area contributed by atoms with E-state index in [1.807, 2.05) is 11.8 Å². The summed E-state index contributed by atoms with van der Waals surface area (Å²) in [6.07, 6.45) is 7.69. The molecule has 3 rings (SSSR count). The molecule has 1 saturated carbocycles. The zero-order valence-corrected chi connectivity index (χ0v) is 13.8. The Morgan fingerprint density at radius 2 is 2.19 bits per heavy atom. The third-order valence-corrected chi connectivity index (χ3v) is 5.87. The maximum Gasteiger partial charge on any atom is 0.157 e. The lowest BCUT2D eigenvalue weighted by Crippen LogP contribution is -2.47. The van der Waals surface area contributed by atoms with Crippen LogP contribution in [-0.4, -0.2) is 23.0 Å². The molecule has 21 heavy (non-hydrogen) atoms. The van der Waals surface area contributed by atoms with Crippen molar-refractivity contribution in [2.75, 3.05) is 12.3 Å². The topological polar surface area (TPSA) is 24.4 Å². The molecule has 0 radical (unpaired) electrons. The van der Waals surface area contributed by atoms with E-state index in [0.717, 1.165) is 25.3 Å². The monoisotopic (exact) mass is 302 g/mol. The van der Waals surface area contributed by atoms with Crippen molar-refractivity contribution in [1.29, 1.82) is 0 Å². The average molecular weight is 302 g/mol. The van der Waals surface area contributed by atoms with E-state index in [1.54, 1.807) is 0 Å². The summed E-state index contributed by atoms with van der Waals surface area (Å²) in [5.74, 6) is 2.08. The quantitative estimate of drug-likeness (QED) is 0.840. The third kappa shape index (κ3) is 4.03. The number of hydrogen-bond donors (Lipinski definition) is 1. The number of amidine groups is 1. The lowest BCUT2D eigenvalue weighted by molar-refractivity contribution is 0.242. The highest BCUT2D eigenvalue weighted by Gasteiger charge is 2.40. The van der Waals surface area contributed by atoms with Crippen LogP contribution in [-0.2, 0) is 6.42 Å². The molecule has 1 aliphatic carbocycles. The normalized spacial score (nSPS) is 30.7. The van der Waals surface area contributed by atoms with Crippen molar-refractivity contribution in [2.24, 2.45) is 10.9 Å². The molecule has 1 heterocycles. The van der Waals surface area contributed by atoms with E-state index in [2.05, 4.69) is 42.6 Å². The molecule has 2 fully saturated rings. The maximum absolute atomic E-state index is 4.78. The Hall–Kier alpha value is -0.960. The smallest absolute Gasteiger partial charge is 0.157 e. The predicted molar refractivity (Wildman–Crippen MR) is 93.0 cm³/mol. The van der Waals surface area contributed by atoms with Gasteiger partial charge in [-0.2, -0.15) is 0 Å². The minimum absolute atomic E-state index is 0.362. The van der Waals surface area contributed by atoms with Crippen molar-refractivity contribution in [2.45, 2.75) is 51.0 Å². The molecule has 2 aliphatic rings. The van der Waals surface area contributed by atoms with Gasteiger partial charge in [-0.3, -0.25) is 4.99 Å². The first-order valence-electron chi connectivity index (χ1n) is 8.25. The second-order valence-corrected chi connectivity index (χ2v) is 7.64. The van der Waals surface area contributed by atoms with Crippen LogP contribution >= 0.6 is 11.8 Å².